The topological polar surface area (TPSA) is 58.2 Å². The molecular formula is C16H20N2O2S. The van der Waals surface area contributed by atoms with Crippen LogP contribution in [0.2, 0.25) is 0 Å². The van der Waals surface area contributed by atoms with Crippen LogP contribution in [-0.2, 0) is 9.84 Å². The lowest BCUT2D eigenvalue weighted by Crippen LogP contribution is -2.05. The van der Waals surface area contributed by atoms with E-state index in [0.29, 0.717) is 9.79 Å². The molecule has 0 heterocycles. The summed E-state index contributed by atoms with van der Waals surface area (Å²) in [4.78, 5) is 0.601. The lowest BCUT2D eigenvalue weighted by molar-refractivity contribution is 0.596. The number of rotatable bonds is 6. The molecule has 0 saturated carbocycles. The molecule has 5 heteroatoms. The lowest BCUT2D eigenvalue weighted by atomic mass is 10.3. The van der Waals surface area contributed by atoms with E-state index in [1.807, 2.05) is 26.0 Å². The minimum atomic E-state index is -3.50. The van der Waals surface area contributed by atoms with Gasteiger partial charge in [-0.2, -0.15) is 0 Å². The van der Waals surface area contributed by atoms with Gasteiger partial charge in [-0.3, -0.25) is 0 Å². The molecule has 21 heavy (non-hydrogen) atoms. The van der Waals surface area contributed by atoms with Crippen LogP contribution in [0.3, 0.4) is 0 Å². The first-order valence-corrected chi connectivity index (χ1v) is 8.49. The molecule has 2 rings (SSSR count). The van der Waals surface area contributed by atoms with E-state index in [4.69, 9.17) is 0 Å². The molecular weight excluding hydrogens is 284 g/mol. The molecule has 112 valence electrons. The van der Waals surface area contributed by atoms with Crippen LogP contribution in [0.25, 0.3) is 0 Å². The number of benzene rings is 2. The molecule has 0 bridgehead atoms. The van der Waals surface area contributed by atoms with Gasteiger partial charge in [0.05, 0.1) is 9.79 Å². The van der Waals surface area contributed by atoms with Crippen LogP contribution >= 0.6 is 0 Å². The Balaban J connectivity index is 2.41. The Bertz CT molecular complexity index is 656. The molecule has 4 nitrogen and oxygen atoms in total. The van der Waals surface area contributed by atoms with Crippen LogP contribution in [0.15, 0.2) is 58.3 Å². The zero-order valence-electron chi connectivity index (χ0n) is 12.3. The second-order valence-electron chi connectivity index (χ2n) is 4.62. The number of hydrogen-bond acceptors (Lipinski definition) is 4. The predicted octanol–water partition coefficient (Wildman–Crippen LogP) is 3.38. The van der Waals surface area contributed by atoms with E-state index >= 15 is 0 Å². The van der Waals surface area contributed by atoms with Crippen molar-refractivity contribution in [3.05, 3.63) is 48.5 Å². The SMILES string of the molecule is CCNc1cccc(S(=O)(=O)c2cccc(NCC)c2)c1. The molecule has 0 unspecified atom stereocenters. The standard InChI is InChI=1S/C16H20N2O2S/c1-3-17-13-7-5-9-15(11-13)21(19,20)16-10-6-8-14(12-16)18-4-2/h5-12,17-18H,3-4H2,1-2H3. The highest BCUT2D eigenvalue weighted by Crippen LogP contribution is 2.25. The van der Waals surface area contributed by atoms with Gasteiger partial charge < -0.3 is 10.6 Å². The van der Waals surface area contributed by atoms with E-state index in [1.54, 1.807) is 36.4 Å². The zero-order valence-corrected chi connectivity index (χ0v) is 13.1. The first-order valence-electron chi connectivity index (χ1n) is 7.01. The lowest BCUT2D eigenvalue weighted by Gasteiger charge is -2.09. The minimum absolute atomic E-state index is 0.301. The molecule has 0 aliphatic rings. The number of anilines is 2. The summed E-state index contributed by atoms with van der Waals surface area (Å²) in [6.07, 6.45) is 0. The van der Waals surface area contributed by atoms with Gasteiger partial charge in [-0.05, 0) is 50.2 Å². The summed E-state index contributed by atoms with van der Waals surface area (Å²) in [6, 6.07) is 13.8. The Labute approximate surface area is 126 Å². The van der Waals surface area contributed by atoms with Crippen LogP contribution in [0.1, 0.15) is 13.8 Å². The summed E-state index contributed by atoms with van der Waals surface area (Å²) in [6.45, 7) is 5.45. The zero-order chi connectivity index (χ0) is 15.3. The van der Waals surface area contributed by atoms with Gasteiger partial charge in [-0.1, -0.05) is 12.1 Å². The number of hydrogen-bond donors (Lipinski definition) is 2. The van der Waals surface area contributed by atoms with Gasteiger partial charge >= 0.3 is 0 Å². The summed E-state index contributed by atoms with van der Waals surface area (Å²) < 4.78 is 25.4. The van der Waals surface area contributed by atoms with Crippen molar-refractivity contribution in [2.75, 3.05) is 23.7 Å². The highest BCUT2D eigenvalue weighted by molar-refractivity contribution is 7.91. The maximum Gasteiger partial charge on any atom is 0.206 e. The van der Waals surface area contributed by atoms with Gasteiger partial charge in [0.1, 0.15) is 0 Å². The summed E-state index contributed by atoms with van der Waals surface area (Å²) in [5.74, 6) is 0. The molecule has 2 N–H and O–H groups in total. The van der Waals surface area contributed by atoms with Gasteiger partial charge in [0.25, 0.3) is 0 Å². The Morgan fingerprint density at radius 3 is 1.62 bits per heavy atom. The van der Waals surface area contributed by atoms with Crippen LogP contribution < -0.4 is 10.6 Å². The van der Waals surface area contributed by atoms with Crippen molar-refractivity contribution in [3.63, 3.8) is 0 Å². The molecule has 2 aromatic carbocycles. The van der Waals surface area contributed by atoms with Crippen molar-refractivity contribution in [3.8, 4) is 0 Å². The van der Waals surface area contributed by atoms with Gasteiger partial charge in [-0.25, -0.2) is 8.42 Å². The first-order chi connectivity index (χ1) is 10.1. The van der Waals surface area contributed by atoms with E-state index in [0.717, 1.165) is 24.5 Å². The van der Waals surface area contributed by atoms with Crippen molar-refractivity contribution < 1.29 is 8.42 Å². The minimum Gasteiger partial charge on any atom is -0.385 e. The van der Waals surface area contributed by atoms with Crippen LogP contribution in [-0.4, -0.2) is 21.5 Å². The molecule has 0 amide bonds. The van der Waals surface area contributed by atoms with E-state index in [9.17, 15) is 8.42 Å². The molecule has 0 fully saturated rings. The van der Waals surface area contributed by atoms with E-state index in [1.165, 1.54) is 0 Å². The second-order valence-corrected chi connectivity index (χ2v) is 6.57. The average Bonchev–Trinajstić information content (AvgIpc) is 2.48. The molecule has 0 saturated heterocycles. The van der Waals surface area contributed by atoms with E-state index in [2.05, 4.69) is 10.6 Å². The average molecular weight is 304 g/mol. The fraction of sp³-hybridized carbons (Fsp3) is 0.250. The molecule has 0 radical (unpaired) electrons. The number of nitrogens with one attached hydrogen (secondary N) is 2. The molecule has 0 atom stereocenters. The van der Waals surface area contributed by atoms with Crippen LogP contribution in [0.5, 0.6) is 0 Å². The van der Waals surface area contributed by atoms with Crippen LogP contribution in [0, 0.1) is 0 Å². The summed E-state index contributed by atoms with van der Waals surface area (Å²) in [7, 11) is -3.50. The Kier molecular flexibility index (Phi) is 4.85. The van der Waals surface area contributed by atoms with Crippen molar-refractivity contribution in [2.45, 2.75) is 23.6 Å². The normalized spacial score (nSPS) is 11.1. The van der Waals surface area contributed by atoms with Crippen LogP contribution in [0.4, 0.5) is 11.4 Å². The third-order valence-electron chi connectivity index (χ3n) is 3.05. The molecule has 0 spiro atoms. The first kappa shape index (κ1) is 15.4. The molecule has 0 aliphatic heterocycles. The number of sulfone groups is 1. The highest BCUT2D eigenvalue weighted by atomic mass is 32.2. The van der Waals surface area contributed by atoms with Crippen molar-refractivity contribution in [1.29, 1.82) is 0 Å². The third kappa shape index (κ3) is 3.55. The van der Waals surface area contributed by atoms with Crippen molar-refractivity contribution >= 4 is 21.2 Å². The summed E-state index contributed by atoms with van der Waals surface area (Å²) in [5.41, 5.74) is 1.61. The van der Waals surface area contributed by atoms with Gasteiger partial charge in [0, 0.05) is 24.5 Å². The quantitative estimate of drug-likeness (QED) is 0.859. The largest absolute Gasteiger partial charge is 0.385 e. The summed E-state index contributed by atoms with van der Waals surface area (Å²) >= 11 is 0. The maximum atomic E-state index is 12.7. The molecule has 0 aromatic heterocycles. The Morgan fingerprint density at radius 2 is 1.24 bits per heavy atom. The van der Waals surface area contributed by atoms with Gasteiger partial charge in [-0.15, -0.1) is 0 Å². The van der Waals surface area contributed by atoms with Gasteiger partial charge in [0.15, 0.2) is 0 Å². The fourth-order valence-corrected chi connectivity index (χ4v) is 3.44. The second kappa shape index (κ2) is 6.63. The molecule has 2 aromatic rings. The fourth-order valence-electron chi connectivity index (χ4n) is 2.09. The smallest absolute Gasteiger partial charge is 0.206 e. The maximum absolute atomic E-state index is 12.7. The van der Waals surface area contributed by atoms with Crippen molar-refractivity contribution in [2.24, 2.45) is 0 Å². The van der Waals surface area contributed by atoms with Gasteiger partial charge in [0.2, 0.25) is 9.84 Å². The highest BCUT2D eigenvalue weighted by Gasteiger charge is 2.18. The van der Waals surface area contributed by atoms with E-state index in [-0.39, 0.29) is 0 Å². The monoisotopic (exact) mass is 304 g/mol. The third-order valence-corrected chi connectivity index (χ3v) is 4.80. The summed E-state index contributed by atoms with van der Waals surface area (Å²) in [5, 5.41) is 6.25. The Morgan fingerprint density at radius 1 is 0.810 bits per heavy atom. The molecule has 0 aliphatic carbocycles. The predicted molar refractivity (Wildman–Crippen MR) is 86.7 cm³/mol. The van der Waals surface area contributed by atoms with E-state index < -0.39 is 9.84 Å². The Hall–Kier alpha value is -2.01. The van der Waals surface area contributed by atoms with Crippen molar-refractivity contribution in [1.82, 2.24) is 0 Å².